The Morgan fingerprint density at radius 1 is 1.14 bits per heavy atom. The minimum atomic E-state index is -0.254. The summed E-state index contributed by atoms with van der Waals surface area (Å²) in [5.74, 6) is 0.703. The molecule has 2 aromatic carbocycles. The lowest BCUT2D eigenvalue weighted by molar-refractivity contribution is 0.415. The number of rotatable bonds is 4. The number of nitrogens with one attached hydrogen (secondary N) is 1. The van der Waals surface area contributed by atoms with Crippen molar-refractivity contribution in [1.82, 2.24) is 15.5 Å². The van der Waals surface area contributed by atoms with Gasteiger partial charge in [0.15, 0.2) is 0 Å². The summed E-state index contributed by atoms with van der Waals surface area (Å²) in [6.45, 7) is 2.04. The summed E-state index contributed by atoms with van der Waals surface area (Å²) in [5.41, 5.74) is 0.747. The topological polar surface area (TPSA) is 51.0 Å². The molecule has 0 saturated heterocycles. The monoisotopic (exact) mass is 285 g/mol. The number of halogens is 1. The molecular weight excluding hydrogens is 269 g/mol. The molecule has 1 atom stereocenters. The number of hydrogen-bond acceptors (Lipinski definition) is 4. The summed E-state index contributed by atoms with van der Waals surface area (Å²) in [6, 6.07) is 10.4. The van der Waals surface area contributed by atoms with Crippen molar-refractivity contribution < 1.29 is 8.81 Å². The van der Waals surface area contributed by atoms with Gasteiger partial charge in [0.25, 0.3) is 0 Å². The van der Waals surface area contributed by atoms with Crippen molar-refractivity contribution in [2.75, 3.05) is 7.05 Å². The highest BCUT2D eigenvalue weighted by Gasteiger charge is 2.17. The van der Waals surface area contributed by atoms with Gasteiger partial charge in [0.05, 0.1) is 6.04 Å². The first-order valence-corrected chi connectivity index (χ1v) is 6.93. The van der Waals surface area contributed by atoms with E-state index >= 15 is 0 Å². The second kappa shape index (κ2) is 5.61. The van der Waals surface area contributed by atoms with Crippen LogP contribution in [0.4, 0.5) is 4.39 Å². The smallest absolute Gasteiger partial charge is 0.248 e. The summed E-state index contributed by atoms with van der Waals surface area (Å²) >= 11 is 0. The average Bonchev–Trinajstić information content (AvgIpc) is 2.99. The summed E-state index contributed by atoms with van der Waals surface area (Å²) in [6.07, 6.45) is 0.850. The van der Waals surface area contributed by atoms with Crippen LogP contribution in [0.2, 0.25) is 0 Å². The zero-order chi connectivity index (χ0) is 14.8. The lowest BCUT2D eigenvalue weighted by Gasteiger charge is -2.07. The van der Waals surface area contributed by atoms with Crippen LogP contribution in [0, 0.1) is 5.82 Å². The Balaban J connectivity index is 2.11. The highest BCUT2D eigenvalue weighted by molar-refractivity contribution is 5.95. The molecule has 4 nitrogen and oxygen atoms in total. The highest BCUT2D eigenvalue weighted by atomic mass is 19.1. The third-order valence-electron chi connectivity index (χ3n) is 3.60. The van der Waals surface area contributed by atoms with E-state index in [4.69, 9.17) is 4.42 Å². The van der Waals surface area contributed by atoms with E-state index < -0.39 is 0 Å². The number of fused-ring (bicyclic) bond motifs is 1. The molecule has 3 rings (SSSR count). The van der Waals surface area contributed by atoms with Gasteiger partial charge in [-0.05, 0) is 31.0 Å². The molecule has 0 radical (unpaired) electrons. The van der Waals surface area contributed by atoms with Crippen LogP contribution in [0.3, 0.4) is 0 Å². The highest BCUT2D eigenvalue weighted by Crippen LogP contribution is 2.30. The first-order valence-electron chi connectivity index (χ1n) is 6.93. The first-order chi connectivity index (χ1) is 10.2. The molecule has 0 fully saturated rings. The molecule has 1 N–H and O–H groups in total. The SMILES string of the molecule is CCC(NC)c1nnc(-c2ccc(F)c3ccccc23)o1. The Hall–Kier alpha value is -2.27. The van der Waals surface area contributed by atoms with Gasteiger partial charge in [-0.25, -0.2) is 4.39 Å². The Labute approximate surface area is 122 Å². The fourth-order valence-corrected chi connectivity index (χ4v) is 2.44. The third-order valence-corrected chi connectivity index (χ3v) is 3.60. The third kappa shape index (κ3) is 2.40. The zero-order valence-corrected chi connectivity index (χ0v) is 11.9. The van der Waals surface area contributed by atoms with Crippen molar-refractivity contribution in [3.05, 3.63) is 48.1 Å². The molecule has 0 amide bonds. The molecule has 1 unspecified atom stereocenters. The normalized spacial score (nSPS) is 12.7. The molecule has 0 aliphatic heterocycles. The van der Waals surface area contributed by atoms with Gasteiger partial charge in [-0.2, -0.15) is 0 Å². The lowest BCUT2D eigenvalue weighted by atomic mass is 10.0. The van der Waals surface area contributed by atoms with Crippen molar-refractivity contribution in [3.8, 4) is 11.5 Å². The van der Waals surface area contributed by atoms with Crippen LogP contribution in [0.5, 0.6) is 0 Å². The van der Waals surface area contributed by atoms with Crippen LogP contribution in [0.1, 0.15) is 25.3 Å². The van der Waals surface area contributed by atoms with Crippen molar-refractivity contribution in [2.45, 2.75) is 19.4 Å². The number of nitrogens with zero attached hydrogens (tertiary/aromatic N) is 2. The van der Waals surface area contributed by atoms with Crippen LogP contribution in [0.25, 0.3) is 22.2 Å². The van der Waals surface area contributed by atoms with Crippen molar-refractivity contribution in [2.24, 2.45) is 0 Å². The summed E-state index contributed by atoms with van der Waals surface area (Å²) in [5, 5.41) is 12.6. The first kappa shape index (κ1) is 13.7. The van der Waals surface area contributed by atoms with Gasteiger partial charge in [0.2, 0.25) is 11.8 Å². The van der Waals surface area contributed by atoms with E-state index in [9.17, 15) is 4.39 Å². The van der Waals surface area contributed by atoms with Gasteiger partial charge < -0.3 is 9.73 Å². The van der Waals surface area contributed by atoms with E-state index in [1.807, 2.05) is 32.2 Å². The molecule has 0 bridgehead atoms. The number of aromatic nitrogens is 2. The van der Waals surface area contributed by atoms with E-state index in [-0.39, 0.29) is 11.9 Å². The Kier molecular flexibility index (Phi) is 3.66. The fraction of sp³-hybridized carbons (Fsp3) is 0.250. The molecule has 1 heterocycles. The van der Waals surface area contributed by atoms with Gasteiger partial charge in [0, 0.05) is 10.9 Å². The Bertz CT molecular complexity index is 765. The molecular formula is C16H16FN3O. The van der Waals surface area contributed by atoms with Crippen LogP contribution < -0.4 is 5.32 Å². The van der Waals surface area contributed by atoms with E-state index in [0.717, 1.165) is 17.4 Å². The standard InChI is InChI=1S/C16H16FN3O/c1-3-14(18-2)16-20-19-15(21-16)12-8-9-13(17)11-7-5-4-6-10(11)12/h4-9,14,18H,3H2,1-2H3. The number of benzene rings is 2. The largest absolute Gasteiger partial charge is 0.419 e. The maximum atomic E-state index is 13.8. The predicted octanol–water partition coefficient (Wildman–Crippen LogP) is 3.70. The molecule has 21 heavy (non-hydrogen) atoms. The maximum Gasteiger partial charge on any atom is 0.248 e. The summed E-state index contributed by atoms with van der Waals surface area (Å²) in [7, 11) is 1.85. The lowest BCUT2D eigenvalue weighted by Crippen LogP contribution is -2.15. The average molecular weight is 285 g/mol. The van der Waals surface area contributed by atoms with E-state index in [2.05, 4.69) is 15.5 Å². The van der Waals surface area contributed by atoms with Crippen LogP contribution >= 0.6 is 0 Å². The molecule has 0 saturated carbocycles. The van der Waals surface area contributed by atoms with Crippen LogP contribution in [-0.4, -0.2) is 17.2 Å². The van der Waals surface area contributed by atoms with Crippen molar-refractivity contribution in [1.29, 1.82) is 0 Å². The number of hydrogen-bond donors (Lipinski definition) is 1. The van der Waals surface area contributed by atoms with Gasteiger partial charge in [-0.1, -0.05) is 31.2 Å². The molecule has 3 aromatic rings. The van der Waals surface area contributed by atoms with E-state index in [0.29, 0.717) is 17.2 Å². The van der Waals surface area contributed by atoms with E-state index in [1.165, 1.54) is 6.07 Å². The van der Waals surface area contributed by atoms with Gasteiger partial charge >= 0.3 is 0 Å². The second-order valence-corrected chi connectivity index (χ2v) is 4.84. The molecule has 0 spiro atoms. The minimum absolute atomic E-state index is 0.0259. The van der Waals surface area contributed by atoms with Gasteiger partial charge in [-0.3, -0.25) is 0 Å². The predicted molar refractivity (Wildman–Crippen MR) is 79.3 cm³/mol. The Morgan fingerprint density at radius 2 is 1.90 bits per heavy atom. The summed E-state index contributed by atoms with van der Waals surface area (Å²) < 4.78 is 19.6. The second-order valence-electron chi connectivity index (χ2n) is 4.84. The molecule has 5 heteroatoms. The van der Waals surface area contributed by atoms with Crippen molar-refractivity contribution in [3.63, 3.8) is 0 Å². The quantitative estimate of drug-likeness (QED) is 0.794. The molecule has 1 aromatic heterocycles. The fourth-order valence-electron chi connectivity index (χ4n) is 2.44. The van der Waals surface area contributed by atoms with Crippen LogP contribution in [-0.2, 0) is 0 Å². The minimum Gasteiger partial charge on any atom is -0.419 e. The maximum absolute atomic E-state index is 13.8. The molecule has 0 aliphatic rings. The van der Waals surface area contributed by atoms with E-state index in [1.54, 1.807) is 12.1 Å². The van der Waals surface area contributed by atoms with Gasteiger partial charge in [0.1, 0.15) is 5.82 Å². The zero-order valence-electron chi connectivity index (χ0n) is 11.9. The van der Waals surface area contributed by atoms with Gasteiger partial charge in [-0.15, -0.1) is 10.2 Å². The van der Waals surface area contributed by atoms with Crippen molar-refractivity contribution >= 4 is 10.8 Å². The Morgan fingerprint density at radius 3 is 2.62 bits per heavy atom. The summed E-state index contributed by atoms with van der Waals surface area (Å²) in [4.78, 5) is 0. The van der Waals surface area contributed by atoms with Crippen LogP contribution in [0.15, 0.2) is 40.8 Å². The molecule has 0 aliphatic carbocycles. The molecule has 108 valence electrons.